The van der Waals surface area contributed by atoms with Gasteiger partial charge >= 0.3 is 17.7 Å². The lowest BCUT2D eigenvalue weighted by Gasteiger charge is -2.32. The van der Waals surface area contributed by atoms with Crippen molar-refractivity contribution in [3.63, 3.8) is 0 Å². The van der Waals surface area contributed by atoms with E-state index in [4.69, 9.17) is 0 Å². The number of allylic oxidation sites excluding steroid dienone is 2. The minimum absolute atomic E-state index is 0.134. The maximum atomic E-state index is 15.4. The lowest BCUT2D eigenvalue weighted by atomic mass is 9.98. The molecule has 25 heavy (non-hydrogen) atoms. The number of hydrogen-bond donors (Lipinski definition) is 0. The molecule has 0 radical (unpaired) electrons. The summed E-state index contributed by atoms with van der Waals surface area (Å²) in [6.07, 6.45) is 0.668. The van der Waals surface area contributed by atoms with E-state index in [-0.39, 0.29) is 11.5 Å². The van der Waals surface area contributed by atoms with Gasteiger partial charge in [-0.25, -0.2) is 8.78 Å². The molecule has 0 bridgehead atoms. The number of rotatable bonds is 1. The number of halogens is 6. The van der Waals surface area contributed by atoms with Crippen LogP contribution in [0.2, 0.25) is 0 Å². The largest absolute Gasteiger partial charge is 0.439 e. The maximum Gasteiger partial charge on any atom is 0.367 e. The van der Waals surface area contributed by atoms with E-state index in [1.54, 1.807) is 18.2 Å². The van der Waals surface area contributed by atoms with Gasteiger partial charge in [-0.2, -0.15) is 13.2 Å². The number of hydrogen-bond acceptors (Lipinski definition) is 2. The number of fused-ring (bicyclic) bond motifs is 2. The highest BCUT2D eigenvalue weighted by molar-refractivity contribution is 5.86. The number of benzene rings is 2. The minimum Gasteiger partial charge on any atom is -0.439 e. The molecule has 8 heteroatoms. The molecule has 130 valence electrons. The summed E-state index contributed by atoms with van der Waals surface area (Å²) < 4.78 is 90.8. The summed E-state index contributed by atoms with van der Waals surface area (Å²) in [6, 6.07) is 10.1. The van der Waals surface area contributed by atoms with Gasteiger partial charge in [0.05, 0.1) is 5.56 Å². The predicted molar refractivity (Wildman–Crippen MR) is 76.8 cm³/mol. The molecule has 0 spiro atoms. The van der Waals surface area contributed by atoms with Gasteiger partial charge in [0.2, 0.25) is 0 Å². The third kappa shape index (κ3) is 1.80. The molecule has 2 aromatic rings. The molecule has 1 saturated heterocycles. The van der Waals surface area contributed by atoms with Crippen LogP contribution in [0, 0.1) is 0 Å². The topological polar surface area (TPSA) is 12.5 Å². The Morgan fingerprint density at radius 2 is 1.56 bits per heavy atom. The van der Waals surface area contributed by atoms with Crippen molar-refractivity contribution >= 4 is 10.8 Å². The third-order valence-corrected chi connectivity index (χ3v) is 4.31. The van der Waals surface area contributed by atoms with E-state index in [1.807, 2.05) is 0 Å². The lowest BCUT2D eigenvalue weighted by Crippen LogP contribution is -2.56. The molecule has 0 aromatic heterocycles. The zero-order valence-electron chi connectivity index (χ0n) is 12.3. The van der Waals surface area contributed by atoms with Gasteiger partial charge < -0.3 is 4.74 Å². The molecule has 0 N–H and O–H groups in total. The molecule has 1 aliphatic carbocycles. The third-order valence-electron chi connectivity index (χ3n) is 4.31. The average molecular weight is 357 g/mol. The smallest absolute Gasteiger partial charge is 0.367 e. The molecule has 2 atom stereocenters. The first-order valence-electron chi connectivity index (χ1n) is 7.20. The molecule has 0 saturated carbocycles. The fraction of sp³-hybridized carbons (Fsp3) is 0.176. The summed E-state index contributed by atoms with van der Waals surface area (Å²) in [5.74, 6) is -16.7. The van der Waals surface area contributed by atoms with Gasteiger partial charge in [-0.15, -0.1) is 4.48 Å². The molecule has 2 unspecified atom stereocenters. The monoisotopic (exact) mass is 357 g/mol. The van der Waals surface area contributed by atoms with E-state index in [9.17, 15) is 22.0 Å². The zero-order valence-corrected chi connectivity index (χ0v) is 12.3. The van der Waals surface area contributed by atoms with Crippen LogP contribution in [0.1, 0.15) is 5.56 Å². The van der Waals surface area contributed by atoms with Crippen molar-refractivity contribution in [1.29, 1.82) is 0 Å². The first kappa shape index (κ1) is 16.0. The fourth-order valence-electron chi connectivity index (χ4n) is 3.04. The van der Waals surface area contributed by atoms with Gasteiger partial charge in [-0.05, 0) is 34.1 Å². The van der Waals surface area contributed by atoms with Crippen LogP contribution in [0.15, 0.2) is 66.2 Å². The van der Waals surface area contributed by atoms with Crippen LogP contribution >= 0.6 is 0 Å². The van der Waals surface area contributed by atoms with Crippen molar-refractivity contribution in [3.05, 3.63) is 71.8 Å². The van der Waals surface area contributed by atoms with Crippen molar-refractivity contribution in [3.8, 4) is 0 Å². The highest BCUT2D eigenvalue weighted by Gasteiger charge is 2.78. The summed E-state index contributed by atoms with van der Waals surface area (Å²) >= 11 is 0. The SMILES string of the molecule is FC1=CC=C2OC(F)(c3cccc4ccccc34)N(F)C2(F)C1(F)F. The Bertz CT molecular complexity index is 936. The van der Waals surface area contributed by atoms with E-state index in [1.165, 1.54) is 18.2 Å². The van der Waals surface area contributed by atoms with Crippen LogP contribution in [-0.4, -0.2) is 16.8 Å². The van der Waals surface area contributed by atoms with Crippen LogP contribution in [0.5, 0.6) is 0 Å². The molecular weight excluding hydrogens is 348 g/mol. The molecule has 4 rings (SSSR count). The molecule has 2 aromatic carbocycles. The zero-order chi connectivity index (χ0) is 18.0. The summed E-state index contributed by atoms with van der Waals surface area (Å²) in [5.41, 5.74) is -0.517. The standard InChI is InChI=1S/C17H9F6NO/c18-13-8-9-14-16(21,15(13,19)20)24(23)17(22,25-14)12-7-3-5-10-4-1-2-6-11(10)12/h1-9H. The summed E-state index contributed by atoms with van der Waals surface area (Å²) in [4.78, 5) is 0. The molecule has 1 aliphatic heterocycles. The average Bonchev–Trinajstić information content (AvgIpc) is 2.81. The normalized spacial score (nSPS) is 31.3. The first-order chi connectivity index (χ1) is 11.7. The van der Waals surface area contributed by atoms with E-state index < -0.39 is 40.0 Å². The van der Waals surface area contributed by atoms with Crippen LogP contribution < -0.4 is 0 Å². The Hall–Kier alpha value is -2.48. The van der Waals surface area contributed by atoms with Crippen LogP contribution in [-0.2, 0) is 10.7 Å². The van der Waals surface area contributed by atoms with Gasteiger partial charge in [-0.1, -0.05) is 36.4 Å². The Balaban J connectivity index is 1.93. The van der Waals surface area contributed by atoms with Gasteiger partial charge in [-0.3, -0.25) is 0 Å². The number of nitrogens with zero attached hydrogens (tertiary/aromatic N) is 1. The van der Waals surface area contributed by atoms with Crippen molar-refractivity contribution in [1.82, 2.24) is 5.12 Å². The van der Waals surface area contributed by atoms with Crippen molar-refractivity contribution in [2.45, 2.75) is 17.7 Å². The van der Waals surface area contributed by atoms with E-state index in [0.29, 0.717) is 11.5 Å². The second-order valence-corrected chi connectivity index (χ2v) is 5.71. The summed E-state index contributed by atoms with van der Waals surface area (Å²) in [7, 11) is 0. The van der Waals surface area contributed by atoms with E-state index >= 15 is 4.39 Å². The second-order valence-electron chi connectivity index (χ2n) is 5.71. The Kier molecular flexibility index (Phi) is 3.06. The highest BCUT2D eigenvalue weighted by Crippen LogP contribution is 2.60. The second kappa shape index (κ2) is 4.78. The first-order valence-corrected chi connectivity index (χ1v) is 7.20. The van der Waals surface area contributed by atoms with Crippen LogP contribution in [0.4, 0.5) is 26.4 Å². The highest BCUT2D eigenvalue weighted by atomic mass is 19.3. The van der Waals surface area contributed by atoms with Gasteiger partial charge in [0.1, 0.15) is 0 Å². The van der Waals surface area contributed by atoms with E-state index in [2.05, 4.69) is 4.74 Å². The van der Waals surface area contributed by atoms with Crippen molar-refractivity contribution in [2.75, 3.05) is 0 Å². The van der Waals surface area contributed by atoms with Crippen LogP contribution in [0.25, 0.3) is 10.8 Å². The Morgan fingerprint density at radius 1 is 0.880 bits per heavy atom. The lowest BCUT2D eigenvalue weighted by molar-refractivity contribution is -0.320. The van der Waals surface area contributed by atoms with Gasteiger partial charge in [0, 0.05) is 0 Å². The van der Waals surface area contributed by atoms with Crippen molar-refractivity contribution in [2.24, 2.45) is 0 Å². The Morgan fingerprint density at radius 3 is 2.32 bits per heavy atom. The number of ether oxygens (including phenoxy) is 1. The summed E-state index contributed by atoms with van der Waals surface area (Å²) in [5, 5.41) is -0.809. The van der Waals surface area contributed by atoms with Crippen LogP contribution in [0.3, 0.4) is 0 Å². The van der Waals surface area contributed by atoms with Crippen molar-refractivity contribution < 1.29 is 31.2 Å². The number of alkyl halides is 4. The van der Waals surface area contributed by atoms with Gasteiger partial charge in [0.25, 0.3) is 0 Å². The van der Waals surface area contributed by atoms with Gasteiger partial charge in [0.15, 0.2) is 11.6 Å². The molecule has 2 aliphatic rings. The molecule has 1 fully saturated rings. The quantitative estimate of drug-likeness (QED) is 0.396. The molecule has 1 heterocycles. The Labute approximate surface area is 137 Å². The maximum absolute atomic E-state index is 15.4. The minimum atomic E-state index is -4.95. The van der Waals surface area contributed by atoms with E-state index in [0.717, 1.165) is 6.07 Å². The molecular formula is C17H9F6NO. The molecule has 2 nitrogen and oxygen atoms in total. The fourth-order valence-corrected chi connectivity index (χ4v) is 3.04. The summed E-state index contributed by atoms with van der Waals surface area (Å²) in [6.45, 7) is 0. The predicted octanol–water partition coefficient (Wildman–Crippen LogP) is 5.19. The molecule has 0 amide bonds.